The Morgan fingerprint density at radius 3 is 1.86 bits per heavy atom. The fraction of sp³-hybridized carbons (Fsp3) is 0.250. The molecule has 150 valence electrons. The van der Waals surface area contributed by atoms with Crippen LogP contribution < -0.4 is 10.4 Å². The molecule has 0 heterocycles. The molecule has 0 spiro atoms. The summed E-state index contributed by atoms with van der Waals surface area (Å²) in [5, 5.41) is 13.7. The second kappa shape index (κ2) is 8.31. The molecule has 0 unspecified atom stereocenters. The molecule has 3 rings (SSSR count). The van der Waals surface area contributed by atoms with E-state index in [-0.39, 0.29) is 22.3 Å². The van der Waals surface area contributed by atoms with Crippen molar-refractivity contribution < 1.29 is 9.35 Å². The van der Waals surface area contributed by atoms with Crippen LogP contribution in [0.3, 0.4) is 0 Å². The summed E-state index contributed by atoms with van der Waals surface area (Å²) in [5.41, 5.74) is 1.70. The van der Waals surface area contributed by atoms with Gasteiger partial charge < -0.3 is 4.43 Å². The van der Waals surface area contributed by atoms with E-state index in [2.05, 4.69) is 45.0 Å². The first-order valence-electron chi connectivity index (χ1n) is 9.74. The van der Waals surface area contributed by atoms with Gasteiger partial charge in [0.25, 0.3) is 14.0 Å². The number of nitrogens with zero attached hydrogens (tertiary/aromatic N) is 1. The maximum atomic E-state index is 11.6. The van der Waals surface area contributed by atoms with Gasteiger partial charge in [0.05, 0.1) is 17.1 Å². The van der Waals surface area contributed by atoms with Crippen molar-refractivity contribution in [1.82, 2.24) is 0 Å². The van der Waals surface area contributed by atoms with Gasteiger partial charge in [-0.1, -0.05) is 93.1 Å². The lowest BCUT2D eigenvalue weighted by Gasteiger charge is -2.43. The van der Waals surface area contributed by atoms with Crippen molar-refractivity contribution in [1.29, 1.82) is 0 Å². The van der Waals surface area contributed by atoms with Gasteiger partial charge in [0.1, 0.15) is 0 Å². The number of aryl methyl sites for hydroxylation is 1. The molecule has 5 heteroatoms. The van der Waals surface area contributed by atoms with Gasteiger partial charge in [-0.25, -0.2) is 0 Å². The lowest BCUT2D eigenvalue weighted by atomic mass is 10.1. The predicted octanol–water partition coefficient (Wildman–Crippen LogP) is 4.98. The third-order valence-electron chi connectivity index (χ3n) is 5.29. The first kappa shape index (κ1) is 21.0. The second-order valence-electron chi connectivity index (χ2n) is 8.34. The molecule has 0 radical (unpaired) electrons. The second-order valence-corrected chi connectivity index (χ2v) is 12.6. The molecule has 0 saturated heterocycles. The Bertz CT molecular complexity index is 943. The molecule has 3 aromatic rings. The van der Waals surface area contributed by atoms with Gasteiger partial charge in [0.15, 0.2) is 0 Å². The van der Waals surface area contributed by atoms with Crippen molar-refractivity contribution in [3.8, 4) is 0 Å². The van der Waals surface area contributed by atoms with Crippen LogP contribution in [-0.4, -0.2) is 13.2 Å². The summed E-state index contributed by atoms with van der Waals surface area (Å²) in [7, 11) is -2.73. The van der Waals surface area contributed by atoms with Gasteiger partial charge in [-0.05, 0) is 28.4 Å². The first-order valence-corrected chi connectivity index (χ1v) is 11.7. The molecule has 0 fully saturated rings. The SMILES string of the molecule is Cc1ccc([N+](=O)[O-])c(CO[Si](c2ccccc2)(c2ccccc2)C(C)(C)C)c1. The minimum atomic E-state index is -2.73. The highest BCUT2D eigenvalue weighted by Gasteiger charge is 2.50. The van der Waals surface area contributed by atoms with E-state index in [9.17, 15) is 10.1 Å². The van der Waals surface area contributed by atoms with Crippen LogP contribution in [-0.2, 0) is 11.0 Å². The molecule has 0 saturated carbocycles. The molecule has 0 bridgehead atoms. The fourth-order valence-electron chi connectivity index (χ4n) is 3.96. The third-order valence-corrected chi connectivity index (χ3v) is 10.3. The summed E-state index contributed by atoms with van der Waals surface area (Å²) >= 11 is 0. The Kier molecular flexibility index (Phi) is 6.01. The standard InChI is InChI=1S/C24H27NO3Si/c1-19-15-16-23(25(26)27)20(17-19)18-28-29(24(2,3)4,21-11-7-5-8-12-21)22-13-9-6-10-14-22/h5-17H,18H2,1-4H3. The van der Waals surface area contributed by atoms with Gasteiger partial charge in [-0.3, -0.25) is 10.1 Å². The molecule has 3 aromatic carbocycles. The summed E-state index contributed by atoms with van der Waals surface area (Å²) in [6.07, 6.45) is 0. The van der Waals surface area contributed by atoms with E-state index in [4.69, 9.17) is 4.43 Å². The van der Waals surface area contributed by atoms with Crippen LogP contribution in [0.1, 0.15) is 31.9 Å². The molecule has 29 heavy (non-hydrogen) atoms. The van der Waals surface area contributed by atoms with E-state index < -0.39 is 8.32 Å². The topological polar surface area (TPSA) is 52.4 Å². The van der Waals surface area contributed by atoms with Crippen LogP contribution in [0.2, 0.25) is 5.04 Å². The minimum Gasteiger partial charge on any atom is -0.403 e. The Labute approximate surface area is 173 Å². The Morgan fingerprint density at radius 2 is 1.41 bits per heavy atom. The molecule has 0 amide bonds. The minimum absolute atomic E-state index is 0.105. The summed E-state index contributed by atoms with van der Waals surface area (Å²) in [6.45, 7) is 8.74. The van der Waals surface area contributed by atoms with Crippen molar-refractivity contribution in [2.24, 2.45) is 0 Å². The third kappa shape index (κ3) is 4.16. The Hall–Kier alpha value is -2.76. The van der Waals surface area contributed by atoms with Crippen LogP contribution in [0, 0.1) is 17.0 Å². The molecule has 0 atom stereocenters. The lowest BCUT2D eigenvalue weighted by Crippen LogP contribution is -2.66. The van der Waals surface area contributed by atoms with Gasteiger partial charge in [-0.2, -0.15) is 0 Å². The number of nitro benzene ring substituents is 1. The van der Waals surface area contributed by atoms with Crippen molar-refractivity contribution in [3.05, 3.63) is 100 Å². The number of hydrogen-bond donors (Lipinski definition) is 0. The van der Waals surface area contributed by atoms with Gasteiger partial charge >= 0.3 is 0 Å². The molecule has 0 aliphatic carbocycles. The monoisotopic (exact) mass is 405 g/mol. The zero-order valence-electron chi connectivity index (χ0n) is 17.4. The van der Waals surface area contributed by atoms with E-state index in [0.29, 0.717) is 5.56 Å². The highest BCUT2D eigenvalue weighted by Crippen LogP contribution is 2.37. The first-order chi connectivity index (χ1) is 13.8. The predicted molar refractivity (Wildman–Crippen MR) is 120 cm³/mol. The average Bonchev–Trinajstić information content (AvgIpc) is 2.69. The van der Waals surface area contributed by atoms with Crippen molar-refractivity contribution in [3.63, 3.8) is 0 Å². The van der Waals surface area contributed by atoms with E-state index in [1.165, 1.54) is 0 Å². The summed E-state index contributed by atoms with van der Waals surface area (Å²) in [4.78, 5) is 11.2. The Morgan fingerprint density at radius 1 is 0.897 bits per heavy atom. The molecule has 0 N–H and O–H groups in total. The van der Waals surface area contributed by atoms with E-state index in [0.717, 1.165) is 15.9 Å². The highest BCUT2D eigenvalue weighted by molar-refractivity contribution is 6.99. The van der Waals surface area contributed by atoms with E-state index in [1.807, 2.05) is 49.4 Å². The van der Waals surface area contributed by atoms with Crippen LogP contribution in [0.5, 0.6) is 0 Å². The van der Waals surface area contributed by atoms with Crippen LogP contribution in [0.4, 0.5) is 5.69 Å². The van der Waals surface area contributed by atoms with Crippen molar-refractivity contribution in [2.75, 3.05) is 0 Å². The van der Waals surface area contributed by atoms with E-state index in [1.54, 1.807) is 12.1 Å². The summed E-state index contributed by atoms with van der Waals surface area (Å²) < 4.78 is 6.83. The molecular formula is C24H27NO3Si. The van der Waals surface area contributed by atoms with Crippen molar-refractivity contribution in [2.45, 2.75) is 39.3 Å². The quantitative estimate of drug-likeness (QED) is 0.330. The zero-order valence-corrected chi connectivity index (χ0v) is 18.4. The Balaban J connectivity index is 2.15. The number of benzene rings is 3. The smallest absolute Gasteiger partial charge is 0.274 e. The number of rotatable bonds is 6. The molecule has 0 aliphatic rings. The fourth-order valence-corrected chi connectivity index (χ4v) is 8.48. The van der Waals surface area contributed by atoms with Crippen LogP contribution >= 0.6 is 0 Å². The molecule has 0 aromatic heterocycles. The summed E-state index contributed by atoms with van der Waals surface area (Å²) in [6, 6.07) is 25.8. The van der Waals surface area contributed by atoms with Crippen LogP contribution in [0.15, 0.2) is 78.9 Å². The highest BCUT2D eigenvalue weighted by atomic mass is 28.4. The molecular weight excluding hydrogens is 378 g/mol. The molecule has 4 nitrogen and oxygen atoms in total. The van der Waals surface area contributed by atoms with Gasteiger partial charge in [0.2, 0.25) is 0 Å². The van der Waals surface area contributed by atoms with Gasteiger partial charge in [-0.15, -0.1) is 0 Å². The van der Waals surface area contributed by atoms with E-state index >= 15 is 0 Å². The summed E-state index contributed by atoms with van der Waals surface area (Å²) in [5.74, 6) is 0. The number of nitro groups is 1. The lowest BCUT2D eigenvalue weighted by molar-refractivity contribution is -0.385. The zero-order chi connectivity index (χ0) is 21.1. The maximum absolute atomic E-state index is 11.6. The maximum Gasteiger partial charge on any atom is 0.274 e. The normalized spacial score (nSPS) is 12.0. The molecule has 0 aliphatic heterocycles. The number of hydrogen-bond acceptors (Lipinski definition) is 3. The van der Waals surface area contributed by atoms with Gasteiger partial charge in [0, 0.05) is 6.07 Å². The average molecular weight is 406 g/mol. The van der Waals surface area contributed by atoms with Crippen molar-refractivity contribution >= 4 is 24.4 Å². The largest absolute Gasteiger partial charge is 0.403 e. The van der Waals surface area contributed by atoms with Crippen LogP contribution in [0.25, 0.3) is 0 Å².